The number of rotatable bonds is 8. The van der Waals surface area contributed by atoms with Gasteiger partial charge in [0.1, 0.15) is 4.90 Å². The van der Waals surface area contributed by atoms with Gasteiger partial charge in [0.25, 0.3) is 0 Å². The maximum Gasteiger partial charge on any atom is 0.244 e. The Morgan fingerprint density at radius 3 is 2.56 bits per heavy atom. The second-order valence-corrected chi connectivity index (χ2v) is 9.65. The van der Waals surface area contributed by atoms with Crippen molar-refractivity contribution in [3.8, 4) is 22.9 Å². The van der Waals surface area contributed by atoms with Crippen LogP contribution < -0.4 is 9.47 Å². The van der Waals surface area contributed by atoms with Crippen molar-refractivity contribution in [3.05, 3.63) is 42.4 Å². The summed E-state index contributed by atoms with van der Waals surface area (Å²) >= 11 is 1.37. The summed E-state index contributed by atoms with van der Waals surface area (Å²) in [5, 5.41) is 4.67. The number of pyridine rings is 1. The molecule has 0 aliphatic carbocycles. The van der Waals surface area contributed by atoms with Gasteiger partial charge in [-0.05, 0) is 30.3 Å². The van der Waals surface area contributed by atoms with Crippen molar-refractivity contribution in [1.82, 2.24) is 19.4 Å². The standard InChI is InChI=1S/C20H22N4O6S2/c1-27-16-5-3-14(11-17(16)28-2)20-22-18(30-23-20)13-31-19-6-4-15(12-21-19)32(25,26)24-7-9-29-10-8-24/h3-6,11-12H,7-10,13H2,1-2H3. The first-order valence-corrected chi connectivity index (χ1v) is 12.2. The smallest absolute Gasteiger partial charge is 0.244 e. The Hall–Kier alpha value is -2.67. The fourth-order valence-corrected chi connectivity index (χ4v) is 5.12. The van der Waals surface area contributed by atoms with E-state index in [4.69, 9.17) is 18.7 Å². The minimum absolute atomic E-state index is 0.164. The normalized spacial score (nSPS) is 14.9. The molecule has 1 aliphatic heterocycles. The molecule has 0 saturated carbocycles. The Morgan fingerprint density at radius 2 is 1.88 bits per heavy atom. The molecule has 1 aromatic carbocycles. The molecule has 4 rings (SSSR count). The highest BCUT2D eigenvalue weighted by Crippen LogP contribution is 2.31. The summed E-state index contributed by atoms with van der Waals surface area (Å²) in [6.45, 7) is 1.49. The van der Waals surface area contributed by atoms with Crippen LogP contribution in [0, 0.1) is 0 Å². The highest BCUT2D eigenvalue weighted by Gasteiger charge is 2.26. The van der Waals surface area contributed by atoms with Crippen molar-refractivity contribution in [2.75, 3.05) is 40.5 Å². The Morgan fingerprint density at radius 1 is 1.09 bits per heavy atom. The summed E-state index contributed by atoms with van der Waals surface area (Å²) in [5.74, 6) is 2.43. The molecule has 3 aromatic rings. The number of aromatic nitrogens is 3. The van der Waals surface area contributed by atoms with Gasteiger partial charge in [-0.25, -0.2) is 13.4 Å². The van der Waals surface area contributed by atoms with Crippen molar-refractivity contribution in [1.29, 1.82) is 0 Å². The molecule has 0 atom stereocenters. The summed E-state index contributed by atoms with van der Waals surface area (Å²) in [5.41, 5.74) is 0.735. The zero-order valence-electron chi connectivity index (χ0n) is 17.6. The summed E-state index contributed by atoms with van der Waals surface area (Å²) in [7, 11) is -0.433. The van der Waals surface area contributed by atoms with E-state index in [0.29, 0.717) is 60.3 Å². The number of benzene rings is 1. The van der Waals surface area contributed by atoms with Crippen molar-refractivity contribution in [3.63, 3.8) is 0 Å². The van der Waals surface area contributed by atoms with Crippen LogP contribution in [0.5, 0.6) is 11.5 Å². The van der Waals surface area contributed by atoms with Crippen LogP contribution in [0.25, 0.3) is 11.4 Å². The molecule has 0 radical (unpaired) electrons. The van der Waals surface area contributed by atoms with Gasteiger partial charge in [-0.3, -0.25) is 0 Å². The predicted octanol–water partition coefficient (Wildman–Crippen LogP) is 2.46. The van der Waals surface area contributed by atoms with E-state index in [1.807, 2.05) is 6.07 Å². The molecule has 2 aromatic heterocycles. The van der Waals surface area contributed by atoms with E-state index in [9.17, 15) is 8.42 Å². The third-order valence-corrected chi connectivity index (χ3v) is 7.58. The Labute approximate surface area is 189 Å². The second-order valence-electron chi connectivity index (χ2n) is 6.72. The SMILES string of the molecule is COc1ccc(-c2noc(CSc3ccc(S(=O)(=O)N4CCOCC4)cn3)n2)cc1OC. The Bertz CT molecular complexity index is 1160. The van der Waals surface area contributed by atoms with Crippen LogP contribution in [0.1, 0.15) is 5.89 Å². The van der Waals surface area contributed by atoms with Gasteiger partial charge in [0.15, 0.2) is 11.5 Å². The van der Waals surface area contributed by atoms with Crippen molar-refractivity contribution in [2.24, 2.45) is 0 Å². The van der Waals surface area contributed by atoms with E-state index >= 15 is 0 Å². The first kappa shape index (κ1) is 22.5. The van der Waals surface area contributed by atoms with E-state index in [0.717, 1.165) is 5.56 Å². The minimum Gasteiger partial charge on any atom is -0.493 e. The van der Waals surface area contributed by atoms with Gasteiger partial charge in [0.2, 0.25) is 21.7 Å². The molecule has 10 nitrogen and oxygen atoms in total. The van der Waals surface area contributed by atoms with Crippen LogP contribution in [-0.2, 0) is 20.5 Å². The maximum atomic E-state index is 12.7. The number of methoxy groups -OCH3 is 2. The molecular weight excluding hydrogens is 456 g/mol. The minimum atomic E-state index is -3.56. The zero-order valence-corrected chi connectivity index (χ0v) is 19.2. The lowest BCUT2D eigenvalue weighted by atomic mass is 10.2. The molecule has 1 fully saturated rings. The van der Waals surface area contributed by atoms with Gasteiger partial charge in [-0.1, -0.05) is 16.9 Å². The highest BCUT2D eigenvalue weighted by atomic mass is 32.2. The molecule has 0 spiro atoms. The van der Waals surface area contributed by atoms with Crippen LogP contribution in [0.4, 0.5) is 0 Å². The van der Waals surface area contributed by atoms with Crippen molar-refractivity contribution in [2.45, 2.75) is 15.7 Å². The number of hydrogen-bond acceptors (Lipinski definition) is 10. The van der Waals surface area contributed by atoms with Gasteiger partial charge in [-0.2, -0.15) is 9.29 Å². The Kier molecular flexibility index (Phi) is 6.94. The molecule has 170 valence electrons. The van der Waals surface area contributed by atoms with Gasteiger partial charge >= 0.3 is 0 Å². The van der Waals surface area contributed by atoms with E-state index in [1.54, 1.807) is 38.5 Å². The lowest BCUT2D eigenvalue weighted by molar-refractivity contribution is 0.0730. The fraction of sp³-hybridized carbons (Fsp3) is 0.350. The summed E-state index contributed by atoms with van der Waals surface area (Å²) < 4.78 is 47.9. The van der Waals surface area contributed by atoms with Crippen LogP contribution in [0.15, 0.2) is 51.0 Å². The molecule has 0 N–H and O–H groups in total. The first-order valence-electron chi connectivity index (χ1n) is 9.73. The van der Waals surface area contributed by atoms with Crippen LogP contribution in [-0.4, -0.2) is 68.4 Å². The van der Waals surface area contributed by atoms with E-state index in [1.165, 1.54) is 22.3 Å². The first-order chi connectivity index (χ1) is 15.5. The van der Waals surface area contributed by atoms with Crippen LogP contribution in [0.2, 0.25) is 0 Å². The summed E-state index contributed by atoms with van der Waals surface area (Å²) in [4.78, 5) is 8.84. The summed E-state index contributed by atoms with van der Waals surface area (Å²) in [6.07, 6.45) is 1.37. The maximum absolute atomic E-state index is 12.7. The molecular formula is C20H22N4O6S2. The average Bonchev–Trinajstić information content (AvgIpc) is 3.32. The Balaban J connectivity index is 1.40. The number of thioether (sulfide) groups is 1. The molecule has 3 heterocycles. The molecule has 12 heteroatoms. The topological polar surface area (TPSA) is 117 Å². The molecule has 0 unspecified atom stereocenters. The molecule has 32 heavy (non-hydrogen) atoms. The number of nitrogens with zero attached hydrogens (tertiary/aromatic N) is 4. The number of hydrogen-bond donors (Lipinski definition) is 0. The third kappa shape index (κ3) is 4.88. The largest absolute Gasteiger partial charge is 0.493 e. The predicted molar refractivity (Wildman–Crippen MR) is 116 cm³/mol. The quantitative estimate of drug-likeness (QED) is 0.447. The number of sulfonamides is 1. The molecule has 0 bridgehead atoms. The fourth-order valence-electron chi connectivity index (χ4n) is 3.08. The van der Waals surface area contributed by atoms with Crippen molar-refractivity contribution < 1.29 is 27.2 Å². The number of ether oxygens (including phenoxy) is 3. The van der Waals surface area contributed by atoms with Gasteiger partial charge < -0.3 is 18.7 Å². The number of morpholine rings is 1. The molecule has 0 amide bonds. The lowest BCUT2D eigenvalue weighted by Gasteiger charge is -2.25. The monoisotopic (exact) mass is 478 g/mol. The van der Waals surface area contributed by atoms with Gasteiger partial charge in [0, 0.05) is 24.8 Å². The highest BCUT2D eigenvalue weighted by molar-refractivity contribution is 7.98. The van der Waals surface area contributed by atoms with Crippen molar-refractivity contribution >= 4 is 21.8 Å². The third-order valence-electron chi connectivity index (χ3n) is 4.77. The second kappa shape index (κ2) is 9.86. The van der Waals surface area contributed by atoms with E-state index in [-0.39, 0.29) is 4.90 Å². The van der Waals surface area contributed by atoms with Gasteiger partial charge in [-0.15, -0.1) is 0 Å². The molecule has 1 saturated heterocycles. The molecule has 1 aliphatic rings. The average molecular weight is 479 g/mol. The summed E-state index contributed by atoms with van der Waals surface area (Å²) in [6, 6.07) is 8.59. The van der Waals surface area contributed by atoms with Crippen LogP contribution >= 0.6 is 11.8 Å². The van der Waals surface area contributed by atoms with E-state index in [2.05, 4.69) is 15.1 Å². The van der Waals surface area contributed by atoms with E-state index < -0.39 is 10.0 Å². The van der Waals surface area contributed by atoms with Crippen LogP contribution in [0.3, 0.4) is 0 Å². The lowest BCUT2D eigenvalue weighted by Crippen LogP contribution is -2.40. The van der Waals surface area contributed by atoms with Gasteiger partial charge in [0.05, 0.1) is 38.2 Å². The zero-order chi connectivity index (χ0) is 22.6.